The van der Waals surface area contributed by atoms with Gasteiger partial charge in [0, 0.05) is 45.2 Å². The van der Waals surface area contributed by atoms with Crippen molar-refractivity contribution in [2.75, 3.05) is 34.2 Å². The van der Waals surface area contributed by atoms with Crippen LogP contribution in [0.4, 0.5) is 0 Å². The van der Waals surface area contributed by atoms with Gasteiger partial charge < -0.3 is 20.6 Å². The molecule has 5 N–H and O–H groups in total. The molecule has 2 heterocycles. The number of nitrogens with zero attached hydrogens (tertiary/aromatic N) is 3. The van der Waals surface area contributed by atoms with Crippen LogP contribution >= 0.6 is 24.8 Å². The van der Waals surface area contributed by atoms with Crippen LogP contribution in [-0.4, -0.2) is 98.2 Å². The minimum absolute atomic E-state index is 0. The summed E-state index contributed by atoms with van der Waals surface area (Å²) in [7, 11) is 0.948. The summed E-state index contributed by atoms with van der Waals surface area (Å²) >= 11 is 0. The number of sulfonamides is 1. The molecule has 2 aliphatic rings. The number of amides is 2. The zero-order chi connectivity index (χ0) is 32.3. The van der Waals surface area contributed by atoms with Gasteiger partial charge in [0.2, 0.25) is 21.8 Å². The van der Waals surface area contributed by atoms with Gasteiger partial charge in [0.25, 0.3) is 0 Å². The van der Waals surface area contributed by atoms with Gasteiger partial charge in [0.15, 0.2) is 0 Å². The van der Waals surface area contributed by atoms with Gasteiger partial charge in [0.1, 0.15) is 17.9 Å². The number of aliphatic carboxylic acids is 1. The average molecular weight is 698 g/mol. The van der Waals surface area contributed by atoms with Gasteiger partial charge >= 0.3 is 5.97 Å². The second kappa shape index (κ2) is 15.9. The Bertz CT molecular complexity index is 1620. The summed E-state index contributed by atoms with van der Waals surface area (Å²) in [6.07, 6.45) is 2.66. The summed E-state index contributed by atoms with van der Waals surface area (Å²) < 4.78 is 30.4. The molecular weight excluding hydrogens is 655 g/mol. The van der Waals surface area contributed by atoms with Crippen molar-refractivity contribution >= 4 is 58.5 Å². The molecule has 0 saturated carbocycles. The summed E-state index contributed by atoms with van der Waals surface area (Å²) in [5.41, 5.74) is 9.12. The summed E-state index contributed by atoms with van der Waals surface area (Å²) in [5, 5.41) is 17.7. The van der Waals surface area contributed by atoms with E-state index in [0.29, 0.717) is 24.1 Å². The standard InChI is InChI=1S/C31H40N6O6S.2ClH/c1-19-10-13-37(27(14-19)31(40)41)30(39)25(16-20-6-5-7-22(15-20)29(32)33)34-44(42,43)23-9-8-21-11-12-36(4)26(24(21)17-23)18-28(38)35(2)3;;/h5-10,15,17,25-27,34H,11-14,16,18H2,1-4H3,(H3,32,33)(H,40,41);2*1H/t25-,26?,27+;;/m0../s1. The highest BCUT2D eigenvalue weighted by atomic mass is 35.5. The van der Waals surface area contributed by atoms with Gasteiger partial charge in [-0.05, 0) is 68.1 Å². The first-order valence-electron chi connectivity index (χ1n) is 14.4. The molecule has 15 heteroatoms. The fourth-order valence-corrected chi connectivity index (χ4v) is 6.89. The SMILES string of the molecule is CC1=CCN(C(=O)[C@H](Cc2cccc(C(=N)N)c2)NS(=O)(=O)c2ccc3c(c2)C(CC(=O)N(C)C)N(C)CC3)[C@@H](C(=O)O)C1.Cl.Cl. The average Bonchev–Trinajstić information content (AvgIpc) is 2.97. The molecule has 0 fully saturated rings. The number of hydrogen-bond acceptors (Lipinski definition) is 7. The third-order valence-corrected chi connectivity index (χ3v) is 9.76. The van der Waals surface area contributed by atoms with Gasteiger partial charge in [-0.25, -0.2) is 13.2 Å². The Hall–Kier alpha value is -3.49. The summed E-state index contributed by atoms with van der Waals surface area (Å²) in [5.74, 6) is -2.12. The van der Waals surface area contributed by atoms with E-state index in [9.17, 15) is 27.9 Å². The molecule has 0 bridgehead atoms. The Labute approximate surface area is 282 Å². The minimum Gasteiger partial charge on any atom is -0.480 e. The van der Waals surface area contributed by atoms with Crippen molar-refractivity contribution in [3.05, 3.63) is 76.4 Å². The predicted molar refractivity (Wildman–Crippen MR) is 180 cm³/mol. The zero-order valence-electron chi connectivity index (χ0n) is 26.2. The second-order valence-corrected chi connectivity index (χ2v) is 13.4. The second-order valence-electron chi connectivity index (χ2n) is 11.7. The molecule has 0 aliphatic carbocycles. The maximum absolute atomic E-state index is 14.0. The smallest absolute Gasteiger partial charge is 0.326 e. The summed E-state index contributed by atoms with van der Waals surface area (Å²) in [6.45, 7) is 2.53. The van der Waals surface area contributed by atoms with E-state index in [0.717, 1.165) is 16.7 Å². The van der Waals surface area contributed by atoms with Gasteiger partial charge in [-0.1, -0.05) is 35.9 Å². The van der Waals surface area contributed by atoms with Gasteiger partial charge in [-0.3, -0.25) is 19.9 Å². The number of carbonyl (C=O) groups excluding carboxylic acids is 2. The number of benzene rings is 2. The first kappa shape index (κ1) is 38.7. The number of nitrogen functional groups attached to an aromatic ring is 1. The number of carboxylic acids is 1. The minimum atomic E-state index is -4.30. The van der Waals surface area contributed by atoms with Crippen molar-refractivity contribution in [1.29, 1.82) is 5.41 Å². The monoisotopic (exact) mass is 696 g/mol. The third kappa shape index (κ3) is 8.85. The molecular formula is C31H42Cl2N6O6S. The summed E-state index contributed by atoms with van der Waals surface area (Å²) in [6, 6.07) is 8.57. The Morgan fingerprint density at radius 3 is 2.48 bits per heavy atom. The molecule has 252 valence electrons. The van der Waals surface area contributed by atoms with Crippen molar-refractivity contribution in [3.8, 4) is 0 Å². The highest BCUT2D eigenvalue weighted by Crippen LogP contribution is 2.33. The van der Waals surface area contributed by atoms with Gasteiger partial charge in [0.05, 0.1) is 4.90 Å². The third-order valence-electron chi connectivity index (χ3n) is 8.29. The quantitative estimate of drug-likeness (QED) is 0.166. The van der Waals surface area contributed by atoms with Crippen LogP contribution < -0.4 is 10.5 Å². The number of likely N-dealkylation sites (N-methyl/N-ethyl adjacent to an activating group) is 1. The molecule has 2 aliphatic heterocycles. The molecule has 12 nitrogen and oxygen atoms in total. The van der Waals surface area contributed by atoms with Crippen molar-refractivity contribution in [2.45, 2.75) is 55.6 Å². The molecule has 46 heavy (non-hydrogen) atoms. The number of nitrogens with two attached hydrogens (primary N) is 1. The van der Waals surface area contributed by atoms with Crippen LogP contribution in [0.1, 0.15) is 48.1 Å². The Kier molecular flexibility index (Phi) is 13.4. The predicted octanol–water partition coefficient (Wildman–Crippen LogP) is 2.34. The molecule has 3 atom stereocenters. The lowest BCUT2D eigenvalue weighted by Crippen LogP contribution is -2.55. The molecule has 0 aromatic heterocycles. The number of fused-ring (bicyclic) bond motifs is 1. The molecule has 2 amide bonds. The van der Waals surface area contributed by atoms with Crippen molar-refractivity contribution < 1.29 is 27.9 Å². The van der Waals surface area contributed by atoms with E-state index in [1.807, 2.05) is 11.9 Å². The number of carboxylic acid groups (broad SMARTS) is 1. The van der Waals surface area contributed by atoms with Crippen molar-refractivity contribution in [3.63, 3.8) is 0 Å². The fourth-order valence-electron chi connectivity index (χ4n) is 5.66. The topological polar surface area (TPSA) is 177 Å². The first-order valence-corrected chi connectivity index (χ1v) is 15.8. The molecule has 0 radical (unpaired) electrons. The lowest BCUT2D eigenvalue weighted by atomic mass is 9.91. The van der Waals surface area contributed by atoms with Crippen LogP contribution in [0, 0.1) is 5.41 Å². The van der Waals surface area contributed by atoms with E-state index in [1.165, 1.54) is 15.9 Å². The number of halogens is 2. The van der Waals surface area contributed by atoms with Crippen molar-refractivity contribution in [1.82, 2.24) is 19.4 Å². The highest BCUT2D eigenvalue weighted by Gasteiger charge is 2.38. The normalized spacial score (nSPS) is 18.6. The number of carbonyl (C=O) groups is 3. The molecule has 0 spiro atoms. The van der Waals surface area contributed by atoms with E-state index in [2.05, 4.69) is 4.72 Å². The molecule has 1 unspecified atom stereocenters. The van der Waals surface area contributed by atoms with E-state index in [4.69, 9.17) is 11.1 Å². The van der Waals surface area contributed by atoms with Gasteiger partial charge in [-0.15, -0.1) is 24.8 Å². The Morgan fingerprint density at radius 2 is 1.85 bits per heavy atom. The Balaban J connectivity index is 0.00000368. The first-order chi connectivity index (χ1) is 20.7. The number of nitrogens with one attached hydrogen (secondary N) is 2. The maximum Gasteiger partial charge on any atom is 0.326 e. The largest absolute Gasteiger partial charge is 0.480 e. The van der Waals surface area contributed by atoms with E-state index in [-0.39, 0.29) is 73.3 Å². The zero-order valence-corrected chi connectivity index (χ0v) is 28.7. The van der Waals surface area contributed by atoms with Crippen molar-refractivity contribution in [2.24, 2.45) is 5.73 Å². The summed E-state index contributed by atoms with van der Waals surface area (Å²) in [4.78, 5) is 43.3. The van der Waals surface area contributed by atoms with E-state index in [1.54, 1.807) is 63.5 Å². The van der Waals surface area contributed by atoms with Crippen LogP contribution in [0.5, 0.6) is 0 Å². The van der Waals surface area contributed by atoms with E-state index >= 15 is 0 Å². The number of amidine groups is 1. The van der Waals surface area contributed by atoms with Crippen LogP contribution in [0.25, 0.3) is 0 Å². The van der Waals surface area contributed by atoms with Crippen LogP contribution in [0.15, 0.2) is 59.0 Å². The Morgan fingerprint density at radius 1 is 1.15 bits per heavy atom. The fraction of sp³-hybridized carbons (Fsp3) is 0.419. The maximum atomic E-state index is 14.0. The lowest BCUT2D eigenvalue weighted by Gasteiger charge is -2.35. The molecule has 4 rings (SSSR count). The van der Waals surface area contributed by atoms with Crippen LogP contribution in [0.3, 0.4) is 0 Å². The number of hydrogen-bond donors (Lipinski definition) is 4. The molecule has 0 saturated heterocycles. The van der Waals surface area contributed by atoms with Crippen LogP contribution in [0.2, 0.25) is 0 Å². The highest BCUT2D eigenvalue weighted by molar-refractivity contribution is 7.89. The number of rotatable bonds is 10. The van der Waals surface area contributed by atoms with E-state index < -0.39 is 34.0 Å². The molecule has 2 aromatic carbocycles. The van der Waals surface area contributed by atoms with Gasteiger partial charge in [-0.2, -0.15) is 4.72 Å². The van der Waals surface area contributed by atoms with Crippen LogP contribution in [-0.2, 0) is 37.2 Å². The molecule has 2 aromatic rings. The lowest BCUT2D eigenvalue weighted by molar-refractivity contribution is -0.150.